The van der Waals surface area contributed by atoms with Gasteiger partial charge in [0.1, 0.15) is 0 Å². The van der Waals surface area contributed by atoms with E-state index < -0.39 is 0 Å². The van der Waals surface area contributed by atoms with Crippen LogP contribution in [0.2, 0.25) is 0 Å². The van der Waals surface area contributed by atoms with Crippen LogP contribution in [0.5, 0.6) is 0 Å². The van der Waals surface area contributed by atoms with E-state index in [4.69, 9.17) is 12.2 Å². The van der Waals surface area contributed by atoms with E-state index in [9.17, 15) is 4.79 Å². The van der Waals surface area contributed by atoms with Gasteiger partial charge in [-0.05, 0) is 23.8 Å². The van der Waals surface area contributed by atoms with Gasteiger partial charge in [0.2, 0.25) is 0 Å². The molecule has 3 rings (SSSR count). The molecule has 0 spiro atoms. The molecule has 1 aliphatic rings. The second-order valence-electron chi connectivity index (χ2n) is 4.14. The van der Waals surface area contributed by atoms with Crippen molar-refractivity contribution in [1.29, 1.82) is 0 Å². The molecule has 0 unspecified atom stereocenters. The van der Waals surface area contributed by atoms with E-state index in [0.717, 1.165) is 5.56 Å². The van der Waals surface area contributed by atoms with Gasteiger partial charge in [-0.1, -0.05) is 54.3 Å². The monoisotopic (exact) mass is 298 g/mol. The molecule has 1 aliphatic heterocycles. The van der Waals surface area contributed by atoms with Crippen molar-refractivity contribution in [2.75, 3.05) is 4.90 Å². The second-order valence-corrected chi connectivity index (χ2v) is 5.81. The summed E-state index contributed by atoms with van der Waals surface area (Å²) >= 11 is 6.60. The van der Waals surface area contributed by atoms with Crippen molar-refractivity contribution in [3.8, 4) is 0 Å². The maximum atomic E-state index is 12.4. The molecule has 1 aromatic heterocycles. The van der Waals surface area contributed by atoms with Crippen molar-refractivity contribution in [2.24, 2.45) is 0 Å². The lowest BCUT2D eigenvalue weighted by atomic mass is 10.2. The summed E-state index contributed by atoms with van der Waals surface area (Å²) in [6, 6.07) is 13.3. The van der Waals surface area contributed by atoms with Crippen molar-refractivity contribution in [3.63, 3.8) is 0 Å². The van der Waals surface area contributed by atoms with Crippen LogP contribution in [0.3, 0.4) is 0 Å². The number of rotatable bonds is 2. The Morgan fingerprint density at radius 2 is 1.95 bits per heavy atom. The van der Waals surface area contributed by atoms with E-state index in [1.165, 1.54) is 16.7 Å². The first-order valence-electron chi connectivity index (χ1n) is 5.99. The summed E-state index contributed by atoms with van der Waals surface area (Å²) in [6.07, 6.45) is 5.16. The van der Waals surface area contributed by atoms with E-state index in [1.54, 1.807) is 18.5 Å². The van der Waals surface area contributed by atoms with Gasteiger partial charge in [-0.15, -0.1) is 0 Å². The lowest BCUT2D eigenvalue weighted by Gasteiger charge is -2.13. The van der Waals surface area contributed by atoms with Crippen LogP contribution in [0.25, 0.3) is 6.08 Å². The number of amides is 1. The number of hydrogen-bond acceptors (Lipinski definition) is 4. The third-order valence-corrected chi connectivity index (χ3v) is 4.10. The molecule has 0 bridgehead atoms. The smallest absolute Gasteiger partial charge is 0.268 e. The fourth-order valence-electron chi connectivity index (χ4n) is 1.88. The molecule has 3 nitrogen and oxygen atoms in total. The Morgan fingerprint density at radius 3 is 2.65 bits per heavy atom. The average molecular weight is 298 g/mol. The SMILES string of the molecule is O=C1C(=Cc2ccccc2)SC(=S)N1c1cccnc1. The molecule has 1 saturated heterocycles. The van der Waals surface area contributed by atoms with Crippen LogP contribution >= 0.6 is 24.0 Å². The Bertz CT molecular complexity index is 684. The normalized spacial score (nSPS) is 17.0. The quantitative estimate of drug-likeness (QED) is 0.628. The summed E-state index contributed by atoms with van der Waals surface area (Å²) in [5.41, 5.74) is 1.69. The predicted molar refractivity (Wildman–Crippen MR) is 86.3 cm³/mol. The molecule has 5 heteroatoms. The molecule has 1 amide bonds. The maximum Gasteiger partial charge on any atom is 0.270 e. The molecule has 0 atom stereocenters. The number of aromatic nitrogens is 1. The summed E-state index contributed by atoms with van der Waals surface area (Å²) in [5, 5.41) is 0. The van der Waals surface area contributed by atoms with Gasteiger partial charge >= 0.3 is 0 Å². The molecule has 0 aliphatic carbocycles. The summed E-state index contributed by atoms with van der Waals surface area (Å²) in [7, 11) is 0. The molecule has 1 fully saturated rings. The maximum absolute atomic E-state index is 12.4. The van der Waals surface area contributed by atoms with E-state index in [1.807, 2.05) is 42.5 Å². The zero-order valence-corrected chi connectivity index (χ0v) is 12.0. The highest BCUT2D eigenvalue weighted by molar-refractivity contribution is 8.27. The van der Waals surface area contributed by atoms with Gasteiger partial charge in [0.05, 0.1) is 16.8 Å². The first-order chi connectivity index (χ1) is 9.75. The molecule has 1 aromatic carbocycles. The van der Waals surface area contributed by atoms with Gasteiger partial charge in [-0.25, -0.2) is 0 Å². The van der Waals surface area contributed by atoms with Crippen LogP contribution < -0.4 is 4.90 Å². The molecule has 0 N–H and O–H groups in total. The van der Waals surface area contributed by atoms with Crippen LogP contribution in [0.1, 0.15) is 5.56 Å². The Morgan fingerprint density at radius 1 is 1.15 bits per heavy atom. The van der Waals surface area contributed by atoms with Gasteiger partial charge < -0.3 is 0 Å². The predicted octanol–water partition coefficient (Wildman–Crippen LogP) is 3.49. The van der Waals surface area contributed by atoms with E-state index >= 15 is 0 Å². The van der Waals surface area contributed by atoms with Gasteiger partial charge in [-0.3, -0.25) is 14.7 Å². The zero-order chi connectivity index (χ0) is 13.9. The van der Waals surface area contributed by atoms with Crippen LogP contribution in [0, 0.1) is 0 Å². The van der Waals surface area contributed by atoms with Gasteiger partial charge in [0, 0.05) is 6.20 Å². The fourth-order valence-corrected chi connectivity index (χ4v) is 3.18. The Hall–Kier alpha value is -1.98. The van der Waals surface area contributed by atoms with Crippen LogP contribution in [0.15, 0.2) is 59.8 Å². The van der Waals surface area contributed by atoms with Crippen molar-refractivity contribution in [2.45, 2.75) is 0 Å². The first kappa shape index (κ1) is 13.0. The number of anilines is 1. The number of thiocarbonyl (C=S) groups is 1. The largest absolute Gasteiger partial charge is 0.270 e. The van der Waals surface area contributed by atoms with E-state index in [-0.39, 0.29) is 5.91 Å². The Balaban J connectivity index is 1.93. The number of nitrogens with zero attached hydrogens (tertiary/aromatic N) is 2. The van der Waals surface area contributed by atoms with Crippen molar-refractivity contribution in [1.82, 2.24) is 4.98 Å². The molecule has 98 valence electrons. The zero-order valence-electron chi connectivity index (χ0n) is 10.4. The van der Waals surface area contributed by atoms with Gasteiger partial charge in [0.25, 0.3) is 5.91 Å². The highest BCUT2D eigenvalue weighted by Gasteiger charge is 2.33. The second kappa shape index (κ2) is 5.56. The lowest BCUT2D eigenvalue weighted by Crippen LogP contribution is -2.27. The van der Waals surface area contributed by atoms with Crippen molar-refractivity contribution in [3.05, 3.63) is 65.3 Å². The van der Waals surface area contributed by atoms with Gasteiger partial charge in [0.15, 0.2) is 4.32 Å². The number of carbonyl (C=O) groups excluding carboxylic acids is 1. The van der Waals surface area contributed by atoms with Crippen molar-refractivity contribution >= 4 is 46.0 Å². The van der Waals surface area contributed by atoms with Crippen LogP contribution in [-0.4, -0.2) is 15.2 Å². The number of benzene rings is 1. The molecule has 20 heavy (non-hydrogen) atoms. The molecular weight excluding hydrogens is 288 g/mol. The average Bonchev–Trinajstić information content (AvgIpc) is 2.75. The topological polar surface area (TPSA) is 33.2 Å². The summed E-state index contributed by atoms with van der Waals surface area (Å²) in [6.45, 7) is 0. The minimum Gasteiger partial charge on any atom is -0.268 e. The third kappa shape index (κ3) is 2.50. The fraction of sp³-hybridized carbons (Fsp3) is 0. The van der Waals surface area contributed by atoms with E-state index in [2.05, 4.69) is 4.98 Å². The molecule has 2 aromatic rings. The minimum absolute atomic E-state index is 0.100. The number of thioether (sulfide) groups is 1. The lowest BCUT2D eigenvalue weighted by molar-refractivity contribution is -0.113. The number of pyridine rings is 1. The molecular formula is C15H10N2OS2. The Labute approximate surface area is 126 Å². The first-order valence-corrected chi connectivity index (χ1v) is 7.21. The minimum atomic E-state index is -0.100. The summed E-state index contributed by atoms with van der Waals surface area (Å²) in [4.78, 5) is 18.6. The highest BCUT2D eigenvalue weighted by atomic mass is 32.2. The third-order valence-electron chi connectivity index (χ3n) is 2.80. The van der Waals surface area contributed by atoms with Crippen molar-refractivity contribution < 1.29 is 4.79 Å². The summed E-state index contributed by atoms with van der Waals surface area (Å²) in [5.74, 6) is -0.100. The molecule has 0 saturated carbocycles. The van der Waals surface area contributed by atoms with E-state index in [0.29, 0.717) is 14.9 Å². The summed E-state index contributed by atoms with van der Waals surface area (Å²) < 4.78 is 0.533. The molecule has 2 heterocycles. The standard InChI is InChI=1S/C15H10N2OS2/c18-14-13(9-11-5-2-1-3-6-11)20-15(19)17(14)12-7-4-8-16-10-12/h1-10H. The van der Waals surface area contributed by atoms with Crippen LogP contribution in [-0.2, 0) is 4.79 Å². The molecule has 0 radical (unpaired) electrons. The highest BCUT2D eigenvalue weighted by Crippen LogP contribution is 2.35. The van der Waals surface area contributed by atoms with Gasteiger partial charge in [-0.2, -0.15) is 0 Å². The van der Waals surface area contributed by atoms with Crippen LogP contribution in [0.4, 0.5) is 5.69 Å². The number of hydrogen-bond donors (Lipinski definition) is 0. The number of carbonyl (C=O) groups is 1. The Kier molecular flexibility index (Phi) is 3.62.